The van der Waals surface area contributed by atoms with Crippen molar-refractivity contribution >= 4 is 5.97 Å². The Morgan fingerprint density at radius 1 is 0.824 bits per heavy atom. The third kappa shape index (κ3) is 3.71. The van der Waals surface area contributed by atoms with E-state index in [9.17, 15) is 50.8 Å². The molecular formula is C22H42O12. The standard InChI is InChI=1S/C22H42O12/c1-14(27,10-23)22(9,20(7,31)17(4,28)13(25)26)33-12-16(3)19(6,30)21(8,32)18(5,29)15(2,11-24)34-16/h23-24,27-32H,10-12H2,1-9H3,(H,25,26). The molecule has 0 saturated carbocycles. The lowest BCUT2D eigenvalue weighted by Gasteiger charge is -2.66. The van der Waals surface area contributed by atoms with E-state index in [1.54, 1.807) is 0 Å². The van der Waals surface area contributed by atoms with Crippen LogP contribution in [0.25, 0.3) is 0 Å². The third-order valence-electron chi connectivity index (χ3n) is 8.97. The van der Waals surface area contributed by atoms with E-state index in [0.717, 1.165) is 41.5 Å². The van der Waals surface area contributed by atoms with Crippen LogP contribution in [-0.4, -0.2) is 122 Å². The fourth-order valence-electron chi connectivity index (χ4n) is 4.48. The molecule has 0 aromatic rings. The van der Waals surface area contributed by atoms with Crippen molar-refractivity contribution in [2.24, 2.45) is 0 Å². The van der Waals surface area contributed by atoms with Gasteiger partial charge in [0, 0.05) is 0 Å². The van der Waals surface area contributed by atoms with Crippen LogP contribution < -0.4 is 0 Å². The minimum absolute atomic E-state index is 0.777. The maximum atomic E-state index is 11.7. The lowest BCUT2D eigenvalue weighted by Crippen LogP contribution is -2.85. The van der Waals surface area contributed by atoms with Gasteiger partial charge >= 0.3 is 5.97 Å². The van der Waals surface area contributed by atoms with Crippen LogP contribution in [0.15, 0.2) is 0 Å². The van der Waals surface area contributed by atoms with Crippen molar-refractivity contribution in [1.29, 1.82) is 0 Å². The van der Waals surface area contributed by atoms with Crippen molar-refractivity contribution in [2.75, 3.05) is 19.8 Å². The first-order valence-corrected chi connectivity index (χ1v) is 10.9. The Hall–Kier alpha value is -0.930. The molecule has 0 amide bonds. The summed E-state index contributed by atoms with van der Waals surface area (Å²) < 4.78 is 11.7. The molecule has 9 unspecified atom stereocenters. The SMILES string of the molecule is CC(O)(CO)C(C)(OCC1(C)OC(C)(CO)C(C)(O)C(C)(O)C1(C)O)C(C)(O)C(C)(O)C(=O)O. The Morgan fingerprint density at radius 3 is 1.59 bits per heavy atom. The minimum Gasteiger partial charge on any atom is -0.479 e. The second kappa shape index (κ2) is 8.30. The zero-order valence-corrected chi connectivity index (χ0v) is 21.4. The van der Waals surface area contributed by atoms with Crippen molar-refractivity contribution < 1.29 is 60.2 Å². The molecule has 0 aliphatic carbocycles. The molecule has 34 heavy (non-hydrogen) atoms. The van der Waals surface area contributed by atoms with Crippen LogP contribution in [0.5, 0.6) is 0 Å². The molecule has 1 saturated heterocycles. The highest BCUT2D eigenvalue weighted by molar-refractivity contribution is 5.78. The van der Waals surface area contributed by atoms with Crippen molar-refractivity contribution in [2.45, 2.75) is 113 Å². The van der Waals surface area contributed by atoms with Crippen LogP contribution in [-0.2, 0) is 14.3 Å². The number of ether oxygens (including phenoxy) is 2. The Balaban J connectivity index is 3.70. The van der Waals surface area contributed by atoms with E-state index in [2.05, 4.69) is 0 Å². The minimum atomic E-state index is -2.90. The maximum absolute atomic E-state index is 11.7. The monoisotopic (exact) mass is 498 g/mol. The summed E-state index contributed by atoms with van der Waals surface area (Å²) in [5, 5.41) is 95.7. The summed E-state index contributed by atoms with van der Waals surface area (Å²) in [6, 6.07) is 0. The van der Waals surface area contributed by atoms with E-state index in [4.69, 9.17) is 9.47 Å². The molecule has 1 aliphatic heterocycles. The zero-order chi connectivity index (χ0) is 27.6. The number of carboxylic acids is 1. The second-order valence-electron chi connectivity index (χ2n) is 11.1. The van der Waals surface area contributed by atoms with Crippen LogP contribution >= 0.6 is 0 Å². The molecule has 12 heteroatoms. The van der Waals surface area contributed by atoms with Crippen molar-refractivity contribution in [3.63, 3.8) is 0 Å². The van der Waals surface area contributed by atoms with Crippen LogP contribution in [0.1, 0.15) is 62.3 Å². The van der Waals surface area contributed by atoms with E-state index in [0.29, 0.717) is 0 Å². The first-order valence-electron chi connectivity index (χ1n) is 10.9. The van der Waals surface area contributed by atoms with Gasteiger partial charge in [0.15, 0.2) is 5.60 Å². The van der Waals surface area contributed by atoms with Gasteiger partial charge in [0.25, 0.3) is 0 Å². The second-order valence-corrected chi connectivity index (χ2v) is 11.1. The number of aliphatic hydroxyl groups is 8. The largest absolute Gasteiger partial charge is 0.479 e. The number of aliphatic carboxylic acids is 1. The van der Waals surface area contributed by atoms with Crippen molar-refractivity contribution in [3.8, 4) is 0 Å². The zero-order valence-electron chi connectivity index (χ0n) is 21.4. The quantitative estimate of drug-likeness (QED) is 0.167. The molecule has 9 atom stereocenters. The number of carbonyl (C=O) groups is 1. The summed E-state index contributed by atoms with van der Waals surface area (Å²) >= 11 is 0. The predicted molar refractivity (Wildman–Crippen MR) is 118 cm³/mol. The molecule has 0 radical (unpaired) electrons. The fourth-order valence-corrected chi connectivity index (χ4v) is 4.48. The van der Waals surface area contributed by atoms with Gasteiger partial charge in [0.1, 0.15) is 44.8 Å². The third-order valence-corrected chi connectivity index (χ3v) is 8.97. The Bertz CT molecular complexity index is 787. The van der Waals surface area contributed by atoms with Gasteiger partial charge in [-0.05, 0) is 62.3 Å². The van der Waals surface area contributed by atoms with Crippen LogP contribution in [0.2, 0.25) is 0 Å². The molecule has 9 N–H and O–H groups in total. The highest BCUT2D eigenvalue weighted by Crippen LogP contribution is 2.54. The molecule has 1 heterocycles. The Labute approximate surface area is 199 Å². The van der Waals surface area contributed by atoms with Gasteiger partial charge in [0.2, 0.25) is 0 Å². The molecule has 12 nitrogen and oxygen atoms in total. The number of rotatable bonds is 9. The Kier molecular flexibility index (Phi) is 7.59. The summed E-state index contributed by atoms with van der Waals surface area (Å²) in [4.78, 5) is 11.7. The summed E-state index contributed by atoms with van der Waals surface area (Å²) in [5.41, 5.74) is -21.1. The molecule has 0 aromatic heterocycles. The van der Waals surface area contributed by atoms with Gasteiger partial charge in [-0.3, -0.25) is 0 Å². The smallest absolute Gasteiger partial charge is 0.338 e. The van der Waals surface area contributed by atoms with Gasteiger partial charge in [-0.1, -0.05) is 0 Å². The highest BCUT2D eigenvalue weighted by Gasteiger charge is 2.74. The predicted octanol–water partition coefficient (Wildman–Crippen LogP) is -2.12. The van der Waals surface area contributed by atoms with E-state index in [1.165, 1.54) is 20.8 Å². The maximum Gasteiger partial charge on any atom is 0.338 e. The topological polar surface area (TPSA) is 218 Å². The first kappa shape index (κ1) is 31.1. The average Bonchev–Trinajstić information content (AvgIpc) is 2.69. The van der Waals surface area contributed by atoms with Crippen molar-refractivity contribution in [1.82, 2.24) is 0 Å². The number of carboxylic acid groups (broad SMARTS) is 1. The molecule has 202 valence electrons. The number of aliphatic hydroxyl groups excluding tert-OH is 2. The lowest BCUT2D eigenvalue weighted by molar-refractivity contribution is -0.415. The van der Waals surface area contributed by atoms with Crippen molar-refractivity contribution in [3.05, 3.63) is 0 Å². The molecular weight excluding hydrogens is 456 g/mol. The van der Waals surface area contributed by atoms with Gasteiger partial charge in [-0.15, -0.1) is 0 Å². The van der Waals surface area contributed by atoms with Crippen LogP contribution in [0.4, 0.5) is 0 Å². The number of hydrogen-bond acceptors (Lipinski definition) is 11. The Morgan fingerprint density at radius 2 is 1.24 bits per heavy atom. The fraction of sp³-hybridized carbons (Fsp3) is 0.955. The average molecular weight is 499 g/mol. The highest BCUT2D eigenvalue weighted by atomic mass is 16.6. The molecule has 1 fully saturated rings. The van der Waals surface area contributed by atoms with E-state index >= 15 is 0 Å². The van der Waals surface area contributed by atoms with Gasteiger partial charge < -0.3 is 55.4 Å². The molecule has 0 bridgehead atoms. The lowest BCUT2D eigenvalue weighted by atomic mass is 9.58. The van der Waals surface area contributed by atoms with E-state index in [1.807, 2.05) is 0 Å². The van der Waals surface area contributed by atoms with E-state index < -0.39 is 76.2 Å². The molecule has 0 aromatic carbocycles. The molecule has 1 rings (SSSR count). The normalized spacial score (nSPS) is 43.8. The van der Waals surface area contributed by atoms with E-state index in [-0.39, 0.29) is 0 Å². The van der Waals surface area contributed by atoms with Gasteiger partial charge in [-0.2, -0.15) is 0 Å². The summed E-state index contributed by atoms with van der Waals surface area (Å²) in [7, 11) is 0. The van der Waals surface area contributed by atoms with Gasteiger partial charge in [0.05, 0.1) is 19.8 Å². The molecule has 0 spiro atoms. The molecule has 1 aliphatic rings. The summed E-state index contributed by atoms with van der Waals surface area (Å²) in [5.74, 6) is -1.85. The van der Waals surface area contributed by atoms with Gasteiger partial charge in [-0.25, -0.2) is 4.79 Å². The summed E-state index contributed by atoms with van der Waals surface area (Å²) in [6.07, 6.45) is 0. The van der Waals surface area contributed by atoms with Crippen LogP contribution in [0, 0.1) is 0 Å². The van der Waals surface area contributed by atoms with Crippen LogP contribution in [0.3, 0.4) is 0 Å². The summed E-state index contributed by atoms with van der Waals surface area (Å²) in [6.45, 7) is 7.20. The first-order chi connectivity index (χ1) is 14.7. The number of hydrogen-bond donors (Lipinski definition) is 9.